The van der Waals surface area contributed by atoms with E-state index in [-0.39, 0.29) is 6.61 Å². The Morgan fingerprint density at radius 2 is 1.89 bits per heavy atom. The van der Waals surface area contributed by atoms with Crippen molar-refractivity contribution in [3.8, 4) is 5.75 Å². The van der Waals surface area contributed by atoms with Crippen LogP contribution in [0, 0.1) is 13.8 Å². The SMILES string of the molecule is Cc1cccc(N2CCC(N3CCOc4ccc(CO)cc4C3)CC2)c1C. The molecular formula is C23H30N2O2. The molecule has 0 saturated carbocycles. The van der Waals surface area contributed by atoms with Crippen LogP contribution in [0.25, 0.3) is 0 Å². The Morgan fingerprint density at radius 3 is 2.67 bits per heavy atom. The molecule has 27 heavy (non-hydrogen) atoms. The quantitative estimate of drug-likeness (QED) is 0.899. The average Bonchev–Trinajstić information content (AvgIpc) is 2.92. The van der Waals surface area contributed by atoms with Crippen LogP contribution in [0.3, 0.4) is 0 Å². The third kappa shape index (κ3) is 3.83. The molecule has 4 nitrogen and oxygen atoms in total. The van der Waals surface area contributed by atoms with Gasteiger partial charge in [-0.3, -0.25) is 4.90 Å². The maximum absolute atomic E-state index is 9.44. The van der Waals surface area contributed by atoms with Crippen molar-refractivity contribution in [3.05, 3.63) is 58.7 Å². The highest BCUT2D eigenvalue weighted by atomic mass is 16.5. The molecular weight excluding hydrogens is 336 g/mol. The van der Waals surface area contributed by atoms with Crippen molar-refractivity contribution in [1.82, 2.24) is 4.90 Å². The summed E-state index contributed by atoms with van der Waals surface area (Å²) in [5, 5.41) is 9.44. The molecule has 1 fully saturated rings. The molecule has 0 unspecified atom stereocenters. The molecule has 4 heteroatoms. The number of anilines is 1. The highest BCUT2D eigenvalue weighted by Gasteiger charge is 2.27. The summed E-state index contributed by atoms with van der Waals surface area (Å²) in [6, 6.07) is 13.3. The van der Waals surface area contributed by atoms with Crippen molar-refractivity contribution in [2.75, 3.05) is 31.1 Å². The molecule has 0 amide bonds. The van der Waals surface area contributed by atoms with Crippen LogP contribution < -0.4 is 9.64 Å². The molecule has 0 spiro atoms. The number of rotatable bonds is 3. The molecule has 2 aromatic rings. The zero-order chi connectivity index (χ0) is 18.8. The molecule has 2 aliphatic rings. The van der Waals surface area contributed by atoms with E-state index in [2.05, 4.69) is 47.9 Å². The van der Waals surface area contributed by atoms with Crippen LogP contribution in [0.5, 0.6) is 5.75 Å². The number of aliphatic hydroxyl groups is 1. The van der Waals surface area contributed by atoms with Gasteiger partial charge in [-0.1, -0.05) is 18.2 Å². The standard InChI is InChI=1S/C23H30N2O2/c1-17-4-3-5-22(18(17)2)24-10-8-21(9-11-24)25-12-13-27-23-7-6-19(16-26)14-20(23)15-25/h3-7,14,21,26H,8-13,15-16H2,1-2H3. The predicted molar refractivity (Wildman–Crippen MR) is 109 cm³/mol. The fraction of sp³-hybridized carbons (Fsp3) is 0.478. The van der Waals surface area contributed by atoms with Gasteiger partial charge in [-0.15, -0.1) is 0 Å². The predicted octanol–water partition coefficient (Wildman–Crippen LogP) is 3.66. The van der Waals surface area contributed by atoms with E-state index in [0.717, 1.165) is 44.1 Å². The first-order valence-corrected chi connectivity index (χ1v) is 10.1. The number of aryl methyl sites for hydroxylation is 1. The van der Waals surface area contributed by atoms with Gasteiger partial charge in [0.2, 0.25) is 0 Å². The van der Waals surface area contributed by atoms with Crippen LogP contribution in [-0.4, -0.2) is 42.3 Å². The largest absolute Gasteiger partial charge is 0.492 e. The smallest absolute Gasteiger partial charge is 0.123 e. The molecule has 2 heterocycles. The van der Waals surface area contributed by atoms with Crippen molar-refractivity contribution in [2.45, 2.75) is 45.9 Å². The molecule has 1 N–H and O–H groups in total. The summed E-state index contributed by atoms with van der Waals surface area (Å²) in [5.74, 6) is 0.975. The Morgan fingerprint density at radius 1 is 1.07 bits per heavy atom. The summed E-state index contributed by atoms with van der Waals surface area (Å²) in [7, 11) is 0. The first kappa shape index (κ1) is 18.3. The van der Waals surface area contributed by atoms with Crippen LogP contribution in [-0.2, 0) is 13.2 Å². The number of ether oxygens (including phenoxy) is 1. The fourth-order valence-electron chi connectivity index (χ4n) is 4.43. The summed E-state index contributed by atoms with van der Waals surface area (Å²) >= 11 is 0. The second-order valence-electron chi connectivity index (χ2n) is 7.86. The zero-order valence-electron chi connectivity index (χ0n) is 16.4. The maximum atomic E-state index is 9.44. The van der Waals surface area contributed by atoms with E-state index in [1.54, 1.807) is 0 Å². The van der Waals surface area contributed by atoms with Crippen molar-refractivity contribution in [2.24, 2.45) is 0 Å². The van der Waals surface area contributed by atoms with Crippen LogP contribution in [0.1, 0.15) is 35.1 Å². The monoisotopic (exact) mass is 366 g/mol. The lowest BCUT2D eigenvalue weighted by Gasteiger charge is -2.39. The van der Waals surface area contributed by atoms with Crippen molar-refractivity contribution < 1.29 is 9.84 Å². The van der Waals surface area contributed by atoms with Gasteiger partial charge >= 0.3 is 0 Å². The molecule has 0 radical (unpaired) electrons. The Hall–Kier alpha value is -2.04. The van der Waals surface area contributed by atoms with Gasteiger partial charge in [0.05, 0.1) is 6.61 Å². The Bertz CT molecular complexity index is 797. The Kier molecular flexibility index (Phi) is 5.37. The van der Waals surface area contributed by atoms with Crippen LogP contribution in [0.2, 0.25) is 0 Å². The number of fused-ring (bicyclic) bond motifs is 1. The normalized spacial score (nSPS) is 18.7. The van der Waals surface area contributed by atoms with Gasteiger partial charge in [0, 0.05) is 43.5 Å². The van der Waals surface area contributed by atoms with Gasteiger partial charge in [-0.2, -0.15) is 0 Å². The number of aliphatic hydroxyl groups excluding tert-OH is 1. The van der Waals surface area contributed by atoms with E-state index in [9.17, 15) is 5.11 Å². The molecule has 0 atom stereocenters. The van der Waals surface area contributed by atoms with Crippen molar-refractivity contribution in [1.29, 1.82) is 0 Å². The number of hydrogen-bond donors (Lipinski definition) is 1. The van der Waals surface area contributed by atoms with Gasteiger partial charge < -0.3 is 14.7 Å². The van der Waals surface area contributed by atoms with Crippen molar-refractivity contribution >= 4 is 5.69 Å². The summed E-state index contributed by atoms with van der Waals surface area (Å²) in [4.78, 5) is 5.12. The lowest BCUT2D eigenvalue weighted by atomic mass is 9.99. The number of benzene rings is 2. The lowest BCUT2D eigenvalue weighted by Crippen LogP contribution is -2.45. The number of piperidine rings is 1. The molecule has 2 aliphatic heterocycles. The molecule has 0 bridgehead atoms. The van der Waals surface area contributed by atoms with Crippen LogP contribution >= 0.6 is 0 Å². The summed E-state index contributed by atoms with van der Waals surface area (Å²) < 4.78 is 5.95. The molecule has 0 aliphatic carbocycles. The minimum absolute atomic E-state index is 0.0848. The van der Waals surface area contributed by atoms with Crippen molar-refractivity contribution in [3.63, 3.8) is 0 Å². The highest BCUT2D eigenvalue weighted by molar-refractivity contribution is 5.56. The molecule has 4 rings (SSSR count). The molecule has 0 aromatic heterocycles. The molecule has 2 aromatic carbocycles. The second-order valence-corrected chi connectivity index (χ2v) is 7.86. The lowest BCUT2D eigenvalue weighted by molar-refractivity contribution is 0.147. The van der Waals surface area contributed by atoms with E-state index < -0.39 is 0 Å². The highest BCUT2D eigenvalue weighted by Crippen LogP contribution is 2.30. The first-order valence-electron chi connectivity index (χ1n) is 10.1. The Balaban J connectivity index is 1.44. The van der Waals surface area contributed by atoms with E-state index in [1.165, 1.54) is 35.2 Å². The maximum Gasteiger partial charge on any atom is 0.123 e. The topological polar surface area (TPSA) is 35.9 Å². The van der Waals surface area contributed by atoms with Gasteiger partial charge in [-0.25, -0.2) is 0 Å². The van der Waals surface area contributed by atoms with E-state index in [4.69, 9.17) is 4.74 Å². The average molecular weight is 367 g/mol. The number of hydrogen-bond acceptors (Lipinski definition) is 4. The fourth-order valence-corrected chi connectivity index (χ4v) is 4.43. The summed E-state index contributed by atoms with van der Waals surface area (Å²) in [5.41, 5.74) is 6.34. The number of nitrogens with zero attached hydrogens (tertiary/aromatic N) is 2. The Labute approximate surface area is 162 Å². The van der Waals surface area contributed by atoms with E-state index in [1.807, 2.05) is 12.1 Å². The van der Waals surface area contributed by atoms with E-state index >= 15 is 0 Å². The minimum atomic E-state index is 0.0848. The third-order valence-corrected chi connectivity index (χ3v) is 6.21. The minimum Gasteiger partial charge on any atom is -0.492 e. The van der Waals surface area contributed by atoms with E-state index in [0.29, 0.717) is 6.04 Å². The molecule has 144 valence electrons. The van der Waals surface area contributed by atoms with Crippen LogP contribution in [0.15, 0.2) is 36.4 Å². The van der Waals surface area contributed by atoms with Gasteiger partial charge in [0.25, 0.3) is 0 Å². The second kappa shape index (κ2) is 7.91. The summed E-state index contributed by atoms with van der Waals surface area (Å²) in [6.45, 7) is 9.35. The van der Waals surface area contributed by atoms with Gasteiger partial charge in [0.15, 0.2) is 0 Å². The first-order chi connectivity index (χ1) is 13.2. The van der Waals surface area contributed by atoms with Gasteiger partial charge in [0.1, 0.15) is 12.4 Å². The summed E-state index contributed by atoms with van der Waals surface area (Å²) in [6.07, 6.45) is 2.37. The zero-order valence-corrected chi connectivity index (χ0v) is 16.4. The van der Waals surface area contributed by atoms with Gasteiger partial charge in [-0.05, 0) is 61.6 Å². The third-order valence-electron chi connectivity index (χ3n) is 6.21. The van der Waals surface area contributed by atoms with Crippen LogP contribution in [0.4, 0.5) is 5.69 Å². The molecule has 1 saturated heterocycles.